The van der Waals surface area contributed by atoms with Crippen molar-refractivity contribution in [1.82, 2.24) is 9.88 Å². The zero-order chi connectivity index (χ0) is 13.8. The summed E-state index contributed by atoms with van der Waals surface area (Å²) in [4.78, 5) is 18.5. The molecule has 4 heteroatoms. The lowest BCUT2D eigenvalue weighted by molar-refractivity contribution is 0.0737. The molecule has 2 rings (SSSR count). The molecule has 19 heavy (non-hydrogen) atoms. The zero-order valence-corrected chi connectivity index (χ0v) is 11.3. The highest BCUT2D eigenvalue weighted by Crippen LogP contribution is 2.24. The van der Waals surface area contributed by atoms with Crippen molar-refractivity contribution in [3.8, 4) is 11.8 Å². The summed E-state index contributed by atoms with van der Waals surface area (Å²) in [6, 6.07) is 3.74. The van der Waals surface area contributed by atoms with Crippen molar-refractivity contribution >= 4 is 5.91 Å². The number of aromatic nitrogens is 1. The van der Waals surface area contributed by atoms with E-state index in [0.29, 0.717) is 17.2 Å². The molecule has 2 heterocycles. The van der Waals surface area contributed by atoms with Gasteiger partial charge in [0.05, 0.1) is 5.56 Å². The minimum Gasteiger partial charge on any atom is -0.384 e. The second-order valence-corrected chi connectivity index (χ2v) is 5.01. The molecule has 0 aromatic carbocycles. The SMILES string of the molecule is CC1CC(C)N(C(=O)c2ncccc2C#CCO)C1. The summed E-state index contributed by atoms with van der Waals surface area (Å²) < 4.78 is 0. The van der Waals surface area contributed by atoms with E-state index in [1.165, 1.54) is 0 Å². The van der Waals surface area contributed by atoms with E-state index in [2.05, 4.69) is 30.7 Å². The molecular formula is C15H18N2O2. The van der Waals surface area contributed by atoms with Crippen molar-refractivity contribution in [2.45, 2.75) is 26.3 Å². The third-order valence-corrected chi connectivity index (χ3v) is 3.36. The minimum atomic E-state index is -0.223. The van der Waals surface area contributed by atoms with Crippen LogP contribution in [0, 0.1) is 17.8 Å². The Kier molecular flexibility index (Phi) is 4.18. The summed E-state index contributed by atoms with van der Waals surface area (Å²) in [5, 5.41) is 8.76. The van der Waals surface area contributed by atoms with Crippen molar-refractivity contribution in [2.75, 3.05) is 13.2 Å². The van der Waals surface area contributed by atoms with Crippen LogP contribution in [0.15, 0.2) is 18.3 Å². The van der Waals surface area contributed by atoms with Gasteiger partial charge in [-0.2, -0.15) is 0 Å². The van der Waals surface area contributed by atoms with E-state index < -0.39 is 0 Å². The predicted molar refractivity (Wildman–Crippen MR) is 72.5 cm³/mol. The van der Waals surface area contributed by atoms with Gasteiger partial charge < -0.3 is 10.0 Å². The lowest BCUT2D eigenvalue weighted by Gasteiger charge is -2.21. The summed E-state index contributed by atoms with van der Waals surface area (Å²) in [7, 11) is 0. The Balaban J connectivity index is 2.29. The molecule has 0 spiro atoms. The molecule has 0 bridgehead atoms. The summed E-state index contributed by atoms with van der Waals surface area (Å²) in [6.45, 7) is 4.75. The summed E-state index contributed by atoms with van der Waals surface area (Å²) in [5.74, 6) is 5.80. The van der Waals surface area contributed by atoms with Crippen LogP contribution >= 0.6 is 0 Å². The van der Waals surface area contributed by atoms with Crippen molar-refractivity contribution in [3.05, 3.63) is 29.6 Å². The van der Waals surface area contributed by atoms with Crippen molar-refractivity contribution < 1.29 is 9.90 Å². The van der Waals surface area contributed by atoms with Gasteiger partial charge in [-0.05, 0) is 31.4 Å². The van der Waals surface area contributed by atoms with Gasteiger partial charge in [0, 0.05) is 18.8 Å². The quantitative estimate of drug-likeness (QED) is 0.772. The highest BCUT2D eigenvalue weighted by Gasteiger charge is 2.31. The zero-order valence-electron chi connectivity index (χ0n) is 11.3. The monoisotopic (exact) mass is 258 g/mol. The normalized spacial score (nSPS) is 21.9. The predicted octanol–water partition coefficient (Wildman–Crippen LogP) is 1.30. The number of pyridine rings is 1. The Morgan fingerprint density at radius 2 is 2.37 bits per heavy atom. The molecule has 0 saturated carbocycles. The second-order valence-electron chi connectivity index (χ2n) is 5.01. The molecule has 4 nitrogen and oxygen atoms in total. The number of rotatable bonds is 1. The highest BCUT2D eigenvalue weighted by molar-refractivity contribution is 5.95. The average molecular weight is 258 g/mol. The van der Waals surface area contributed by atoms with Crippen molar-refractivity contribution in [1.29, 1.82) is 0 Å². The summed E-state index contributed by atoms with van der Waals surface area (Å²) >= 11 is 0. The van der Waals surface area contributed by atoms with E-state index >= 15 is 0 Å². The first-order chi connectivity index (χ1) is 9.13. The average Bonchev–Trinajstić information content (AvgIpc) is 2.75. The van der Waals surface area contributed by atoms with Gasteiger partial charge in [-0.15, -0.1) is 0 Å². The molecule has 1 N–H and O–H groups in total. The molecule has 1 amide bonds. The Labute approximate surface area is 113 Å². The molecule has 100 valence electrons. The Hall–Kier alpha value is -1.86. The van der Waals surface area contributed by atoms with E-state index in [0.717, 1.165) is 13.0 Å². The van der Waals surface area contributed by atoms with E-state index in [1.54, 1.807) is 18.3 Å². The Morgan fingerprint density at radius 3 is 3.00 bits per heavy atom. The first-order valence-electron chi connectivity index (χ1n) is 6.49. The molecule has 1 saturated heterocycles. The van der Waals surface area contributed by atoms with Gasteiger partial charge in [0.25, 0.3) is 5.91 Å². The van der Waals surface area contributed by atoms with Crippen LogP contribution in [-0.2, 0) is 0 Å². The lowest BCUT2D eigenvalue weighted by atomic mass is 10.1. The number of aliphatic hydroxyl groups is 1. The van der Waals surface area contributed by atoms with Crippen LogP contribution in [0.4, 0.5) is 0 Å². The van der Waals surface area contributed by atoms with Crippen LogP contribution in [-0.4, -0.2) is 40.1 Å². The van der Waals surface area contributed by atoms with Crippen LogP contribution < -0.4 is 0 Å². The van der Waals surface area contributed by atoms with Crippen LogP contribution in [0.5, 0.6) is 0 Å². The van der Waals surface area contributed by atoms with E-state index in [-0.39, 0.29) is 18.6 Å². The number of hydrogen-bond acceptors (Lipinski definition) is 3. The van der Waals surface area contributed by atoms with E-state index in [4.69, 9.17) is 5.11 Å². The molecular weight excluding hydrogens is 240 g/mol. The van der Waals surface area contributed by atoms with Gasteiger partial charge in [0.15, 0.2) is 0 Å². The fourth-order valence-corrected chi connectivity index (χ4v) is 2.53. The molecule has 1 fully saturated rings. The minimum absolute atomic E-state index is 0.0697. The topological polar surface area (TPSA) is 53.4 Å². The Morgan fingerprint density at radius 1 is 1.58 bits per heavy atom. The third kappa shape index (κ3) is 2.94. The van der Waals surface area contributed by atoms with Gasteiger partial charge in [-0.25, -0.2) is 4.98 Å². The number of hydrogen-bond donors (Lipinski definition) is 1. The maximum absolute atomic E-state index is 12.5. The fraction of sp³-hybridized carbons (Fsp3) is 0.467. The lowest BCUT2D eigenvalue weighted by Crippen LogP contribution is -2.35. The molecule has 1 aromatic heterocycles. The maximum atomic E-state index is 12.5. The molecule has 0 radical (unpaired) electrons. The first-order valence-corrected chi connectivity index (χ1v) is 6.49. The number of likely N-dealkylation sites (tertiary alicyclic amines) is 1. The van der Waals surface area contributed by atoms with Gasteiger partial charge in [-0.3, -0.25) is 4.79 Å². The van der Waals surface area contributed by atoms with Gasteiger partial charge in [-0.1, -0.05) is 18.8 Å². The standard InChI is InChI=1S/C15H18N2O2/c1-11-9-12(2)17(10-11)15(19)14-13(6-4-8-18)5-3-7-16-14/h3,5,7,11-12,18H,8-10H2,1-2H3. The van der Waals surface area contributed by atoms with Gasteiger partial charge in [0.1, 0.15) is 12.3 Å². The van der Waals surface area contributed by atoms with Gasteiger partial charge in [0.2, 0.25) is 0 Å². The first kappa shape index (κ1) is 13.6. The summed E-state index contributed by atoms with van der Waals surface area (Å²) in [5.41, 5.74) is 0.956. The maximum Gasteiger partial charge on any atom is 0.273 e. The third-order valence-electron chi connectivity index (χ3n) is 3.36. The van der Waals surface area contributed by atoms with Crippen LogP contribution in [0.1, 0.15) is 36.3 Å². The molecule has 1 aromatic rings. The number of carbonyl (C=O) groups excluding carboxylic acids is 1. The van der Waals surface area contributed by atoms with Crippen LogP contribution in [0.25, 0.3) is 0 Å². The molecule has 0 aliphatic carbocycles. The van der Waals surface area contributed by atoms with Gasteiger partial charge >= 0.3 is 0 Å². The molecule has 1 aliphatic rings. The van der Waals surface area contributed by atoms with E-state index in [9.17, 15) is 4.79 Å². The summed E-state index contributed by atoms with van der Waals surface area (Å²) in [6.07, 6.45) is 2.62. The molecule has 2 atom stereocenters. The number of aliphatic hydroxyl groups excluding tert-OH is 1. The molecule has 1 aliphatic heterocycles. The molecule has 2 unspecified atom stereocenters. The van der Waals surface area contributed by atoms with E-state index in [1.807, 2.05) is 4.90 Å². The second kappa shape index (κ2) is 5.85. The largest absolute Gasteiger partial charge is 0.384 e. The number of amides is 1. The van der Waals surface area contributed by atoms with Crippen molar-refractivity contribution in [3.63, 3.8) is 0 Å². The number of carbonyl (C=O) groups is 1. The van der Waals surface area contributed by atoms with Crippen molar-refractivity contribution in [2.24, 2.45) is 5.92 Å². The number of nitrogens with zero attached hydrogens (tertiary/aromatic N) is 2. The fourth-order valence-electron chi connectivity index (χ4n) is 2.53. The smallest absolute Gasteiger partial charge is 0.273 e. The van der Waals surface area contributed by atoms with Crippen LogP contribution in [0.2, 0.25) is 0 Å². The van der Waals surface area contributed by atoms with Crippen LogP contribution in [0.3, 0.4) is 0 Å². The highest BCUT2D eigenvalue weighted by atomic mass is 16.2. The Bertz CT molecular complexity index is 530.